The summed E-state index contributed by atoms with van der Waals surface area (Å²) in [5.74, 6) is 0.557. The standard InChI is InChI=1S/C18H16N2O5S/c1-2-23-18(22)13-7-11-5-6-26-17(11)20(13)9-16(21)19-12-3-4-14-15(8-12)25-10-24-14/h3-8H,2,9-10H2,1H3,(H,19,21). The van der Waals surface area contributed by atoms with Gasteiger partial charge in [-0.15, -0.1) is 11.3 Å². The fourth-order valence-electron chi connectivity index (χ4n) is 2.82. The number of carbonyl (C=O) groups is 2. The molecule has 0 radical (unpaired) electrons. The Hall–Kier alpha value is -3.00. The molecule has 0 fully saturated rings. The van der Waals surface area contributed by atoms with Crippen LogP contribution >= 0.6 is 11.3 Å². The van der Waals surface area contributed by atoms with E-state index in [4.69, 9.17) is 14.2 Å². The maximum absolute atomic E-state index is 12.5. The van der Waals surface area contributed by atoms with Gasteiger partial charge in [0, 0.05) is 17.1 Å². The van der Waals surface area contributed by atoms with Crippen molar-refractivity contribution < 1.29 is 23.8 Å². The average Bonchev–Trinajstić information content (AvgIpc) is 3.31. The van der Waals surface area contributed by atoms with E-state index >= 15 is 0 Å². The molecule has 1 amide bonds. The number of esters is 1. The fourth-order valence-corrected chi connectivity index (χ4v) is 3.72. The molecule has 0 saturated carbocycles. The summed E-state index contributed by atoms with van der Waals surface area (Å²) in [6.07, 6.45) is 0. The number of benzene rings is 1. The average molecular weight is 372 g/mol. The molecule has 0 atom stereocenters. The van der Waals surface area contributed by atoms with Gasteiger partial charge in [-0.25, -0.2) is 4.79 Å². The number of ether oxygens (including phenoxy) is 3. The normalized spacial score (nSPS) is 12.3. The molecule has 134 valence electrons. The number of anilines is 1. The third-order valence-electron chi connectivity index (χ3n) is 3.95. The van der Waals surface area contributed by atoms with Crippen LogP contribution in [0, 0.1) is 0 Å². The summed E-state index contributed by atoms with van der Waals surface area (Å²) in [6, 6.07) is 8.86. The maximum Gasteiger partial charge on any atom is 0.355 e. The van der Waals surface area contributed by atoms with Crippen LogP contribution in [0.3, 0.4) is 0 Å². The van der Waals surface area contributed by atoms with E-state index in [0.717, 1.165) is 10.2 Å². The predicted octanol–water partition coefficient (Wildman–Crippen LogP) is 3.25. The second kappa shape index (κ2) is 6.72. The predicted molar refractivity (Wildman–Crippen MR) is 97.0 cm³/mol. The Labute approximate surface area is 153 Å². The largest absolute Gasteiger partial charge is 0.461 e. The van der Waals surface area contributed by atoms with Crippen LogP contribution in [-0.2, 0) is 16.1 Å². The van der Waals surface area contributed by atoms with E-state index in [2.05, 4.69) is 5.32 Å². The molecule has 1 aromatic carbocycles. The van der Waals surface area contributed by atoms with Crippen LogP contribution in [0.15, 0.2) is 35.7 Å². The zero-order valence-corrected chi connectivity index (χ0v) is 14.8. The molecule has 1 aliphatic rings. The Morgan fingerprint density at radius 3 is 2.92 bits per heavy atom. The summed E-state index contributed by atoms with van der Waals surface area (Å²) in [5, 5.41) is 5.66. The third-order valence-corrected chi connectivity index (χ3v) is 4.90. The van der Waals surface area contributed by atoms with Crippen LogP contribution in [0.25, 0.3) is 10.2 Å². The lowest BCUT2D eigenvalue weighted by Crippen LogP contribution is -2.21. The number of hydrogen-bond donors (Lipinski definition) is 1. The molecule has 4 rings (SSSR count). The van der Waals surface area contributed by atoms with Crippen molar-refractivity contribution in [2.45, 2.75) is 13.5 Å². The van der Waals surface area contributed by atoms with Crippen LogP contribution in [0.2, 0.25) is 0 Å². The molecule has 3 heterocycles. The van der Waals surface area contributed by atoms with Gasteiger partial charge in [-0.2, -0.15) is 0 Å². The summed E-state index contributed by atoms with van der Waals surface area (Å²) in [4.78, 5) is 25.6. The molecule has 1 N–H and O–H groups in total. The highest BCUT2D eigenvalue weighted by molar-refractivity contribution is 7.16. The second-order valence-electron chi connectivity index (χ2n) is 5.63. The molecule has 26 heavy (non-hydrogen) atoms. The lowest BCUT2D eigenvalue weighted by molar-refractivity contribution is -0.116. The molecule has 0 saturated heterocycles. The van der Waals surface area contributed by atoms with Crippen molar-refractivity contribution in [3.63, 3.8) is 0 Å². The molecular formula is C18H16N2O5S. The first-order valence-corrected chi connectivity index (χ1v) is 8.97. The number of aromatic nitrogens is 1. The number of fused-ring (bicyclic) bond motifs is 2. The molecule has 0 unspecified atom stereocenters. The smallest absolute Gasteiger partial charge is 0.355 e. The number of carbonyl (C=O) groups excluding carboxylic acids is 2. The van der Waals surface area contributed by atoms with Gasteiger partial charge in [0.2, 0.25) is 12.7 Å². The van der Waals surface area contributed by atoms with Gasteiger partial charge in [0.15, 0.2) is 11.5 Å². The van der Waals surface area contributed by atoms with E-state index in [0.29, 0.717) is 22.9 Å². The van der Waals surface area contributed by atoms with E-state index in [1.165, 1.54) is 11.3 Å². The van der Waals surface area contributed by atoms with Gasteiger partial charge in [-0.3, -0.25) is 4.79 Å². The third kappa shape index (κ3) is 2.99. The van der Waals surface area contributed by atoms with Crippen molar-refractivity contribution in [2.24, 2.45) is 0 Å². The van der Waals surface area contributed by atoms with Crippen LogP contribution < -0.4 is 14.8 Å². The van der Waals surface area contributed by atoms with Crippen molar-refractivity contribution >= 4 is 39.1 Å². The van der Waals surface area contributed by atoms with Gasteiger partial charge >= 0.3 is 5.97 Å². The van der Waals surface area contributed by atoms with Gasteiger partial charge < -0.3 is 24.1 Å². The summed E-state index contributed by atoms with van der Waals surface area (Å²) < 4.78 is 17.4. The SMILES string of the molecule is CCOC(=O)c1cc2ccsc2n1CC(=O)Nc1ccc2c(c1)OCO2. The Morgan fingerprint density at radius 2 is 2.08 bits per heavy atom. The lowest BCUT2D eigenvalue weighted by atomic mass is 10.2. The first-order chi connectivity index (χ1) is 12.7. The maximum atomic E-state index is 12.5. The monoisotopic (exact) mass is 372 g/mol. The highest BCUT2D eigenvalue weighted by atomic mass is 32.1. The molecule has 0 spiro atoms. The zero-order valence-electron chi connectivity index (χ0n) is 14.0. The van der Waals surface area contributed by atoms with Crippen LogP contribution in [0.1, 0.15) is 17.4 Å². The van der Waals surface area contributed by atoms with Crippen molar-refractivity contribution in [1.29, 1.82) is 0 Å². The molecule has 0 aliphatic carbocycles. The number of rotatable bonds is 5. The summed E-state index contributed by atoms with van der Waals surface area (Å²) in [5.41, 5.74) is 0.973. The number of amides is 1. The molecule has 7 nitrogen and oxygen atoms in total. The molecule has 8 heteroatoms. The molecule has 2 aromatic heterocycles. The first kappa shape index (κ1) is 16.5. The minimum atomic E-state index is -0.438. The van der Waals surface area contributed by atoms with Gasteiger partial charge in [0.25, 0.3) is 0 Å². The van der Waals surface area contributed by atoms with Crippen molar-refractivity contribution in [3.05, 3.63) is 41.4 Å². The van der Waals surface area contributed by atoms with E-state index in [-0.39, 0.29) is 25.9 Å². The van der Waals surface area contributed by atoms with E-state index in [1.807, 2.05) is 11.4 Å². The van der Waals surface area contributed by atoms with Crippen molar-refractivity contribution in [3.8, 4) is 11.5 Å². The van der Waals surface area contributed by atoms with Crippen LogP contribution in [-0.4, -0.2) is 29.8 Å². The van der Waals surface area contributed by atoms with Crippen LogP contribution in [0.5, 0.6) is 11.5 Å². The highest BCUT2D eigenvalue weighted by Crippen LogP contribution is 2.34. The van der Waals surface area contributed by atoms with Gasteiger partial charge in [0.1, 0.15) is 17.1 Å². The summed E-state index contributed by atoms with van der Waals surface area (Å²) in [7, 11) is 0. The quantitative estimate of drug-likeness (QED) is 0.696. The van der Waals surface area contributed by atoms with Gasteiger partial charge in [-0.1, -0.05) is 0 Å². The minimum absolute atomic E-state index is 0.00655. The topological polar surface area (TPSA) is 78.8 Å². The fraction of sp³-hybridized carbons (Fsp3) is 0.222. The first-order valence-electron chi connectivity index (χ1n) is 8.09. The number of thiophene rings is 1. The van der Waals surface area contributed by atoms with E-state index in [9.17, 15) is 9.59 Å². The Bertz CT molecular complexity index is 991. The molecule has 1 aliphatic heterocycles. The van der Waals surface area contributed by atoms with E-state index in [1.54, 1.807) is 35.8 Å². The Kier molecular flexibility index (Phi) is 4.26. The van der Waals surface area contributed by atoms with E-state index < -0.39 is 5.97 Å². The molecule has 0 bridgehead atoms. The Balaban J connectivity index is 1.56. The lowest BCUT2D eigenvalue weighted by Gasteiger charge is -2.10. The summed E-state index contributed by atoms with van der Waals surface area (Å²) >= 11 is 1.47. The number of nitrogens with zero attached hydrogens (tertiary/aromatic N) is 1. The van der Waals surface area contributed by atoms with Gasteiger partial charge in [-0.05, 0) is 36.6 Å². The Morgan fingerprint density at radius 1 is 1.23 bits per heavy atom. The molecule has 3 aromatic rings. The van der Waals surface area contributed by atoms with Crippen molar-refractivity contribution in [2.75, 3.05) is 18.7 Å². The zero-order chi connectivity index (χ0) is 18.1. The van der Waals surface area contributed by atoms with Crippen molar-refractivity contribution in [1.82, 2.24) is 4.57 Å². The second-order valence-corrected chi connectivity index (χ2v) is 6.53. The minimum Gasteiger partial charge on any atom is -0.461 e. The van der Waals surface area contributed by atoms with Crippen LogP contribution in [0.4, 0.5) is 5.69 Å². The number of nitrogens with one attached hydrogen (secondary N) is 1. The molecular weight excluding hydrogens is 356 g/mol. The summed E-state index contributed by atoms with van der Waals surface area (Å²) in [6.45, 7) is 2.21. The van der Waals surface area contributed by atoms with Gasteiger partial charge in [0.05, 0.1) is 6.61 Å². The number of hydrogen-bond acceptors (Lipinski definition) is 6. The highest BCUT2D eigenvalue weighted by Gasteiger charge is 2.20.